The van der Waals surface area contributed by atoms with E-state index in [0.717, 1.165) is 42.0 Å². The second-order valence-electron chi connectivity index (χ2n) is 6.68. The molecule has 1 aliphatic rings. The summed E-state index contributed by atoms with van der Waals surface area (Å²) in [6.07, 6.45) is 5.50. The Balaban J connectivity index is 1.74. The lowest BCUT2D eigenvalue weighted by atomic mass is 10.1. The van der Waals surface area contributed by atoms with Crippen LogP contribution in [0, 0.1) is 13.8 Å². The molecule has 0 radical (unpaired) electrons. The molecule has 0 bridgehead atoms. The van der Waals surface area contributed by atoms with Gasteiger partial charge in [0.05, 0.1) is 48.5 Å². The third kappa shape index (κ3) is 3.89. The zero-order chi connectivity index (χ0) is 18.7. The Morgan fingerprint density at radius 1 is 1.35 bits per heavy atom. The minimum atomic E-state index is -0.110. The van der Waals surface area contributed by atoms with Crippen LogP contribution in [0.15, 0.2) is 12.4 Å². The Hall–Kier alpha value is -2.77. The first-order valence-corrected chi connectivity index (χ1v) is 8.81. The third-order valence-electron chi connectivity index (χ3n) is 4.74. The molecule has 1 aliphatic heterocycles. The van der Waals surface area contributed by atoms with Gasteiger partial charge in [-0.3, -0.25) is 24.7 Å². The number of hydrogen-bond donors (Lipinski definition) is 2. The van der Waals surface area contributed by atoms with Gasteiger partial charge in [0.15, 0.2) is 0 Å². The molecule has 0 spiro atoms. The molecule has 8 heteroatoms. The molecule has 3 rings (SSSR count). The molecule has 2 aromatic rings. The lowest BCUT2D eigenvalue weighted by Crippen LogP contribution is -2.32. The summed E-state index contributed by atoms with van der Waals surface area (Å²) in [5.74, 6) is -0.0325. The minimum absolute atomic E-state index is 0.0696. The van der Waals surface area contributed by atoms with Crippen LogP contribution in [0.1, 0.15) is 54.1 Å². The van der Waals surface area contributed by atoms with Gasteiger partial charge in [-0.05, 0) is 26.7 Å². The summed E-state index contributed by atoms with van der Waals surface area (Å²) in [6.45, 7) is 6.36. The fraction of sp³-hybridized carbons (Fsp3) is 0.500. The maximum absolute atomic E-state index is 12.9. The molecular weight excluding hydrogens is 332 g/mol. The summed E-state index contributed by atoms with van der Waals surface area (Å²) in [4.78, 5) is 34.7. The molecular formula is C18H24N6O2. The van der Waals surface area contributed by atoms with Crippen LogP contribution < -0.4 is 5.32 Å². The van der Waals surface area contributed by atoms with E-state index in [9.17, 15) is 9.59 Å². The summed E-state index contributed by atoms with van der Waals surface area (Å²) < 4.78 is 0. The van der Waals surface area contributed by atoms with Crippen molar-refractivity contribution in [3.63, 3.8) is 0 Å². The average molecular weight is 356 g/mol. The predicted octanol–water partition coefficient (Wildman–Crippen LogP) is 1.36. The van der Waals surface area contributed by atoms with Gasteiger partial charge in [-0.15, -0.1) is 0 Å². The number of H-pyrrole nitrogens is 1. The van der Waals surface area contributed by atoms with Crippen LogP contribution in [0.2, 0.25) is 0 Å². The maximum atomic E-state index is 12.9. The van der Waals surface area contributed by atoms with E-state index < -0.39 is 0 Å². The average Bonchev–Trinajstić information content (AvgIpc) is 3.22. The van der Waals surface area contributed by atoms with Crippen molar-refractivity contribution in [3.8, 4) is 0 Å². The van der Waals surface area contributed by atoms with Crippen molar-refractivity contribution in [1.29, 1.82) is 0 Å². The van der Waals surface area contributed by atoms with Gasteiger partial charge in [0.1, 0.15) is 0 Å². The number of aryl methyl sites for hydroxylation is 2. The van der Waals surface area contributed by atoms with Crippen molar-refractivity contribution in [2.24, 2.45) is 0 Å². The molecule has 3 heterocycles. The summed E-state index contributed by atoms with van der Waals surface area (Å²) >= 11 is 0. The normalized spacial score (nSPS) is 16.7. The van der Waals surface area contributed by atoms with E-state index in [1.54, 1.807) is 12.4 Å². The number of carbonyl (C=O) groups is 2. The molecule has 0 aliphatic carbocycles. The van der Waals surface area contributed by atoms with Gasteiger partial charge in [-0.2, -0.15) is 5.10 Å². The standard InChI is InChI=1S/C18H24N6O2/c1-11-15(12(2)23-22-11)7-18(26)24-6-4-5-17(24)16-10-19-8-14(21-16)9-20-13(3)25/h8,10,17H,4-7,9H2,1-3H3,(H,20,25)(H,22,23). The van der Waals surface area contributed by atoms with Crippen molar-refractivity contribution < 1.29 is 9.59 Å². The number of likely N-dealkylation sites (tertiary alicyclic amines) is 1. The molecule has 1 saturated heterocycles. The molecule has 2 amide bonds. The van der Waals surface area contributed by atoms with Gasteiger partial charge in [0, 0.05) is 24.7 Å². The highest BCUT2D eigenvalue weighted by atomic mass is 16.2. The fourth-order valence-electron chi connectivity index (χ4n) is 3.34. The van der Waals surface area contributed by atoms with Gasteiger partial charge in [-0.25, -0.2) is 0 Å². The predicted molar refractivity (Wildman–Crippen MR) is 95.0 cm³/mol. The lowest BCUT2D eigenvalue weighted by Gasteiger charge is -2.24. The van der Waals surface area contributed by atoms with Crippen LogP contribution in [0.5, 0.6) is 0 Å². The van der Waals surface area contributed by atoms with E-state index in [1.807, 2.05) is 18.7 Å². The summed E-state index contributed by atoms with van der Waals surface area (Å²) in [5, 5.41) is 9.82. The van der Waals surface area contributed by atoms with Gasteiger partial charge < -0.3 is 10.2 Å². The molecule has 138 valence electrons. The van der Waals surface area contributed by atoms with Crippen LogP contribution in [0.25, 0.3) is 0 Å². The third-order valence-corrected chi connectivity index (χ3v) is 4.74. The highest BCUT2D eigenvalue weighted by Gasteiger charge is 2.31. The number of rotatable bonds is 5. The smallest absolute Gasteiger partial charge is 0.227 e. The van der Waals surface area contributed by atoms with E-state index >= 15 is 0 Å². The molecule has 26 heavy (non-hydrogen) atoms. The molecule has 2 aromatic heterocycles. The van der Waals surface area contributed by atoms with Gasteiger partial charge in [0.25, 0.3) is 0 Å². The number of hydrogen-bond acceptors (Lipinski definition) is 5. The Labute approximate surface area is 152 Å². The van der Waals surface area contributed by atoms with E-state index in [4.69, 9.17) is 0 Å². The van der Waals surface area contributed by atoms with Crippen molar-refractivity contribution in [1.82, 2.24) is 30.4 Å². The SMILES string of the molecule is CC(=O)NCc1cncc(C2CCCN2C(=O)Cc2c(C)n[nH]c2C)n1. The number of aromatic amines is 1. The summed E-state index contributed by atoms with van der Waals surface area (Å²) in [5.41, 5.74) is 4.23. The lowest BCUT2D eigenvalue weighted by molar-refractivity contribution is -0.131. The summed E-state index contributed by atoms with van der Waals surface area (Å²) in [6, 6.07) is -0.0696. The first-order valence-electron chi connectivity index (χ1n) is 8.81. The Kier molecular flexibility index (Phi) is 5.29. The molecule has 1 fully saturated rings. The van der Waals surface area contributed by atoms with E-state index in [2.05, 4.69) is 25.5 Å². The van der Waals surface area contributed by atoms with Crippen molar-refractivity contribution in [2.75, 3.05) is 6.54 Å². The zero-order valence-electron chi connectivity index (χ0n) is 15.4. The van der Waals surface area contributed by atoms with Crippen LogP contribution in [-0.2, 0) is 22.6 Å². The van der Waals surface area contributed by atoms with Crippen LogP contribution in [-0.4, -0.2) is 43.4 Å². The molecule has 8 nitrogen and oxygen atoms in total. The highest BCUT2D eigenvalue weighted by Crippen LogP contribution is 2.31. The van der Waals surface area contributed by atoms with Crippen LogP contribution >= 0.6 is 0 Å². The number of aromatic nitrogens is 4. The largest absolute Gasteiger partial charge is 0.351 e. The topological polar surface area (TPSA) is 104 Å². The number of nitrogens with zero attached hydrogens (tertiary/aromatic N) is 4. The van der Waals surface area contributed by atoms with Crippen molar-refractivity contribution in [2.45, 2.75) is 52.6 Å². The Bertz CT molecular complexity index is 796. The molecule has 0 saturated carbocycles. The van der Waals surface area contributed by atoms with Crippen LogP contribution in [0.3, 0.4) is 0 Å². The second-order valence-corrected chi connectivity index (χ2v) is 6.68. The minimum Gasteiger partial charge on any atom is -0.351 e. The summed E-state index contributed by atoms with van der Waals surface area (Å²) in [7, 11) is 0. The monoisotopic (exact) mass is 356 g/mol. The maximum Gasteiger partial charge on any atom is 0.227 e. The van der Waals surface area contributed by atoms with E-state index in [1.165, 1.54) is 6.92 Å². The molecule has 1 atom stereocenters. The van der Waals surface area contributed by atoms with Gasteiger partial charge >= 0.3 is 0 Å². The quantitative estimate of drug-likeness (QED) is 0.842. The Morgan fingerprint density at radius 2 is 2.15 bits per heavy atom. The number of amides is 2. The second kappa shape index (κ2) is 7.63. The number of nitrogens with one attached hydrogen (secondary N) is 2. The van der Waals surface area contributed by atoms with Gasteiger partial charge in [0.2, 0.25) is 11.8 Å². The zero-order valence-corrected chi connectivity index (χ0v) is 15.4. The number of carbonyl (C=O) groups excluding carboxylic acids is 2. The fourth-order valence-corrected chi connectivity index (χ4v) is 3.34. The van der Waals surface area contributed by atoms with Crippen LogP contribution in [0.4, 0.5) is 0 Å². The van der Waals surface area contributed by atoms with Crippen molar-refractivity contribution in [3.05, 3.63) is 40.7 Å². The first kappa shape index (κ1) is 18.0. The highest BCUT2D eigenvalue weighted by molar-refractivity contribution is 5.80. The molecule has 0 aromatic carbocycles. The molecule has 1 unspecified atom stereocenters. The van der Waals surface area contributed by atoms with E-state index in [-0.39, 0.29) is 17.9 Å². The van der Waals surface area contributed by atoms with Gasteiger partial charge in [-0.1, -0.05) is 0 Å². The molecule has 2 N–H and O–H groups in total. The van der Waals surface area contributed by atoms with E-state index in [0.29, 0.717) is 18.7 Å². The first-order chi connectivity index (χ1) is 12.5. The Morgan fingerprint density at radius 3 is 2.85 bits per heavy atom. The van der Waals surface area contributed by atoms with Crippen molar-refractivity contribution >= 4 is 11.8 Å².